The minimum absolute atomic E-state index is 0.0569. The second kappa shape index (κ2) is 8.73. The van der Waals surface area contributed by atoms with Gasteiger partial charge in [-0.2, -0.15) is 0 Å². The van der Waals surface area contributed by atoms with E-state index in [2.05, 4.69) is 5.32 Å². The number of hydrogen-bond acceptors (Lipinski definition) is 6. The van der Waals surface area contributed by atoms with Crippen molar-refractivity contribution in [3.05, 3.63) is 50.9 Å². The Kier molecular flexibility index (Phi) is 6.77. The summed E-state index contributed by atoms with van der Waals surface area (Å²) in [5, 5.41) is 26.9. The van der Waals surface area contributed by atoms with Crippen LogP contribution in [0.3, 0.4) is 0 Å². The summed E-state index contributed by atoms with van der Waals surface area (Å²) in [6.07, 6.45) is -1.95. The number of sulfonamides is 1. The lowest BCUT2D eigenvalue weighted by molar-refractivity contribution is 0.0853. The number of primary sulfonamides is 1. The summed E-state index contributed by atoms with van der Waals surface area (Å²) in [5.41, 5.74) is -0.713. The molecule has 2 unspecified atom stereocenters. The van der Waals surface area contributed by atoms with E-state index < -0.39 is 63.0 Å². The van der Waals surface area contributed by atoms with Crippen LogP contribution in [0.4, 0.5) is 24.5 Å². The molecule has 12 heteroatoms. The molecule has 0 spiro atoms. The van der Waals surface area contributed by atoms with Crippen LogP contribution in [-0.2, 0) is 10.0 Å². The average molecular weight is 572 g/mol. The van der Waals surface area contributed by atoms with Crippen LogP contribution in [0.1, 0.15) is 24.3 Å². The molecule has 0 heterocycles. The van der Waals surface area contributed by atoms with Gasteiger partial charge in [-0.15, -0.1) is 0 Å². The Balaban J connectivity index is 2.17. The Morgan fingerprint density at radius 1 is 1.32 bits per heavy atom. The number of hydrogen-bond donors (Lipinski definition) is 4. The summed E-state index contributed by atoms with van der Waals surface area (Å²) >= 11 is 1.89. The molecule has 3 atom stereocenters. The van der Waals surface area contributed by atoms with E-state index in [9.17, 15) is 26.7 Å². The summed E-state index contributed by atoms with van der Waals surface area (Å²) < 4.78 is 72.2. The van der Waals surface area contributed by atoms with Crippen LogP contribution in [0.2, 0.25) is 0 Å². The lowest BCUT2D eigenvalue weighted by Gasteiger charge is -2.22. The standard InChI is InChI=1S/C19H20F3IN2O5S/c1-30-15-5-13(21)17(22)18(25-14-3-2-9(23)4-12(14)20)16(15)11-7-19(11,31(24,28)29)6-10(27)8-26/h2-5,10-11,25-27H,6-8H2,1H3,(H2,24,28,29)/t10-,11?,19?/m1/s1. The molecule has 0 aliphatic heterocycles. The quantitative estimate of drug-likeness (QED) is 0.361. The van der Waals surface area contributed by atoms with Gasteiger partial charge in [0.15, 0.2) is 11.6 Å². The maximum absolute atomic E-state index is 14.9. The summed E-state index contributed by atoms with van der Waals surface area (Å²) in [4.78, 5) is 0. The number of rotatable bonds is 8. The highest BCUT2D eigenvalue weighted by atomic mass is 127. The number of ether oxygens (including phenoxy) is 1. The van der Waals surface area contributed by atoms with Crippen molar-refractivity contribution in [3.63, 3.8) is 0 Å². The predicted molar refractivity (Wildman–Crippen MR) is 116 cm³/mol. The average Bonchev–Trinajstić information content (AvgIpc) is 3.41. The van der Waals surface area contributed by atoms with Gasteiger partial charge in [0.25, 0.3) is 0 Å². The molecule has 170 valence electrons. The number of halogens is 4. The number of methoxy groups -OCH3 is 1. The largest absolute Gasteiger partial charge is 0.496 e. The van der Waals surface area contributed by atoms with Gasteiger partial charge in [0.2, 0.25) is 10.0 Å². The molecular weight excluding hydrogens is 552 g/mol. The fourth-order valence-electron chi connectivity index (χ4n) is 3.75. The van der Waals surface area contributed by atoms with Crippen LogP contribution < -0.4 is 15.2 Å². The predicted octanol–water partition coefficient (Wildman–Crippen LogP) is 2.72. The van der Waals surface area contributed by atoms with Crippen LogP contribution in [0.5, 0.6) is 5.75 Å². The Hall–Kier alpha value is -1.61. The van der Waals surface area contributed by atoms with E-state index in [0.717, 1.165) is 6.07 Å². The molecular formula is C19H20F3IN2O5S. The lowest BCUT2D eigenvalue weighted by Crippen LogP contribution is -2.36. The molecule has 31 heavy (non-hydrogen) atoms. The highest BCUT2D eigenvalue weighted by Gasteiger charge is 2.65. The molecule has 0 amide bonds. The van der Waals surface area contributed by atoms with E-state index in [4.69, 9.17) is 15.0 Å². The number of nitrogens with two attached hydrogens (primary N) is 1. The minimum atomic E-state index is -4.29. The molecule has 0 bridgehead atoms. The van der Waals surface area contributed by atoms with Crippen molar-refractivity contribution >= 4 is 44.0 Å². The Morgan fingerprint density at radius 3 is 2.55 bits per heavy atom. The normalized spacial score (nSPS) is 21.6. The molecule has 0 aromatic heterocycles. The van der Waals surface area contributed by atoms with Crippen molar-refractivity contribution in [2.75, 3.05) is 19.0 Å². The number of benzene rings is 2. The van der Waals surface area contributed by atoms with Crippen molar-refractivity contribution < 1.29 is 36.5 Å². The van der Waals surface area contributed by atoms with Crippen molar-refractivity contribution in [3.8, 4) is 5.75 Å². The second-order valence-corrected chi connectivity index (χ2v) is 10.5. The molecule has 7 nitrogen and oxygen atoms in total. The zero-order valence-electron chi connectivity index (χ0n) is 16.2. The third-order valence-corrected chi connectivity index (χ3v) is 7.79. The number of anilines is 2. The van der Waals surface area contributed by atoms with E-state index in [1.165, 1.54) is 19.2 Å². The first-order chi connectivity index (χ1) is 14.4. The second-order valence-electron chi connectivity index (χ2n) is 7.32. The smallest absolute Gasteiger partial charge is 0.215 e. The summed E-state index contributed by atoms with van der Waals surface area (Å²) in [5.74, 6) is -4.54. The Bertz CT molecular complexity index is 1120. The first kappa shape index (κ1) is 24.0. The molecule has 5 N–H and O–H groups in total. The molecule has 2 aromatic carbocycles. The van der Waals surface area contributed by atoms with Gasteiger partial charge in [0.1, 0.15) is 11.6 Å². The molecule has 0 saturated heterocycles. The van der Waals surface area contributed by atoms with E-state index in [0.29, 0.717) is 3.57 Å². The number of nitrogens with one attached hydrogen (secondary N) is 1. The molecule has 1 aliphatic rings. The first-order valence-electron chi connectivity index (χ1n) is 9.04. The van der Waals surface area contributed by atoms with Gasteiger partial charge in [-0.1, -0.05) is 0 Å². The molecule has 0 radical (unpaired) electrons. The van der Waals surface area contributed by atoms with Crippen LogP contribution >= 0.6 is 22.6 Å². The highest BCUT2D eigenvalue weighted by Crippen LogP contribution is 2.62. The molecule has 2 aromatic rings. The minimum Gasteiger partial charge on any atom is -0.496 e. The van der Waals surface area contributed by atoms with Crippen LogP contribution in [-0.4, -0.2) is 43.2 Å². The van der Waals surface area contributed by atoms with Crippen LogP contribution in [0.15, 0.2) is 24.3 Å². The van der Waals surface area contributed by atoms with Gasteiger partial charge in [-0.3, -0.25) is 0 Å². The Labute approximate surface area is 190 Å². The maximum Gasteiger partial charge on any atom is 0.215 e. The van der Waals surface area contributed by atoms with E-state index in [-0.39, 0.29) is 23.4 Å². The SMILES string of the molecule is COc1cc(F)c(F)c(Nc2ccc(I)cc2F)c1C1CC1(C[C@@H](O)CO)S(N)(=O)=O. The zero-order valence-corrected chi connectivity index (χ0v) is 19.2. The van der Waals surface area contributed by atoms with Crippen LogP contribution in [0, 0.1) is 21.0 Å². The molecule has 1 aliphatic carbocycles. The zero-order chi connectivity index (χ0) is 23.1. The third kappa shape index (κ3) is 4.49. The third-order valence-electron chi connectivity index (χ3n) is 5.36. The molecule has 1 fully saturated rings. The fraction of sp³-hybridized carbons (Fsp3) is 0.368. The van der Waals surface area contributed by atoms with Crippen molar-refractivity contribution in [1.82, 2.24) is 0 Å². The summed E-state index contributed by atoms with van der Waals surface area (Å²) in [6, 6.07) is 4.81. The first-order valence-corrected chi connectivity index (χ1v) is 11.7. The van der Waals surface area contributed by atoms with Gasteiger partial charge >= 0.3 is 0 Å². The van der Waals surface area contributed by atoms with Gasteiger partial charge < -0.3 is 20.3 Å². The van der Waals surface area contributed by atoms with E-state index >= 15 is 0 Å². The fourth-order valence-corrected chi connectivity index (χ4v) is 5.54. The summed E-state index contributed by atoms with van der Waals surface area (Å²) in [6.45, 7) is -0.710. The Morgan fingerprint density at radius 2 is 2.00 bits per heavy atom. The van der Waals surface area contributed by atoms with Crippen LogP contribution in [0.25, 0.3) is 0 Å². The topological polar surface area (TPSA) is 122 Å². The van der Waals surface area contributed by atoms with Gasteiger partial charge in [-0.05, 0) is 53.6 Å². The molecule has 3 rings (SSSR count). The highest BCUT2D eigenvalue weighted by molar-refractivity contribution is 14.1. The van der Waals surface area contributed by atoms with E-state index in [1.807, 2.05) is 22.6 Å². The summed E-state index contributed by atoms with van der Waals surface area (Å²) in [7, 11) is -3.10. The van der Waals surface area contributed by atoms with Gasteiger partial charge in [0.05, 0.1) is 35.9 Å². The van der Waals surface area contributed by atoms with Crippen molar-refractivity contribution in [1.29, 1.82) is 0 Å². The monoisotopic (exact) mass is 572 g/mol. The maximum atomic E-state index is 14.9. The van der Waals surface area contributed by atoms with Gasteiger partial charge in [0, 0.05) is 21.1 Å². The number of aliphatic hydroxyl groups is 2. The van der Waals surface area contributed by atoms with Crippen molar-refractivity contribution in [2.24, 2.45) is 5.14 Å². The van der Waals surface area contributed by atoms with Crippen molar-refractivity contribution in [2.45, 2.75) is 29.6 Å². The molecule has 1 saturated carbocycles. The number of aliphatic hydroxyl groups excluding tert-OH is 2. The van der Waals surface area contributed by atoms with Gasteiger partial charge in [-0.25, -0.2) is 26.7 Å². The lowest BCUT2D eigenvalue weighted by atomic mass is 10.0. The van der Waals surface area contributed by atoms with E-state index in [1.54, 1.807) is 6.07 Å².